The molecule has 1 unspecified atom stereocenters. The minimum atomic E-state index is -0.434. The molecule has 0 aliphatic rings. The number of nitrogens with zero attached hydrogens (tertiary/aromatic N) is 1. The lowest BCUT2D eigenvalue weighted by Gasteiger charge is -2.25. The highest BCUT2D eigenvalue weighted by Crippen LogP contribution is 2.18. The summed E-state index contributed by atoms with van der Waals surface area (Å²) in [6.45, 7) is 3.91. The van der Waals surface area contributed by atoms with Crippen molar-refractivity contribution in [3.8, 4) is 0 Å². The van der Waals surface area contributed by atoms with E-state index in [0.717, 1.165) is 5.56 Å². The predicted octanol–water partition coefficient (Wildman–Crippen LogP) is 1.38. The van der Waals surface area contributed by atoms with Crippen LogP contribution in [-0.4, -0.2) is 28.9 Å². The first kappa shape index (κ1) is 12.9. The van der Waals surface area contributed by atoms with Gasteiger partial charge >= 0.3 is 0 Å². The van der Waals surface area contributed by atoms with E-state index in [4.69, 9.17) is 10.5 Å². The minimum Gasteiger partial charge on any atom is -0.393 e. The van der Waals surface area contributed by atoms with Crippen LogP contribution in [0, 0.1) is 0 Å². The topological polar surface area (TPSA) is 68.4 Å². The molecule has 0 spiro atoms. The van der Waals surface area contributed by atoms with E-state index in [1.54, 1.807) is 19.4 Å². The van der Waals surface area contributed by atoms with Gasteiger partial charge in [0.05, 0.1) is 11.7 Å². The summed E-state index contributed by atoms with van der Waals surface area (Å²) >= 11 is 0. The van der Waals surface area contributed by atoms with Crippen LogP contribution in [-0.2, 0) is 11.2 Å². The third-order valence-corrected chi connectivity index (χ3v) is 2.60. The molecule has 0 fully saturated rings. The molecule has 0 bridgehead atoms. The highest BCUT2D eigenvalue weighted by molar-refractivity contribution is 5.32. The molecule has 1 aromatic rings. The van der Waals surface area contributed by atoms with Crippen molar-refractivity contribution >= 4 is 5.82 Å². The highest BCUT2D eigenvalue weighted by atomic mass is 16.5. The number of nitrogen functional groups attached to an aromatic ring is 1. The van der Waals surface area contributed by atoms with Gasteiger partial charge < -0.3 is 15.6 Å². The number of hydrogen-bond donors (Lipinski definition) is 2. The zero-order chi connectivity index (χ0) is 12.2. The molecule has 4 nitrogen and oxygen atoms in total. The van der Waals surface area contributed by atoms with Crippen LogP contribution in [0.4, 0.5) is 5.82 Å². The Morgan fingerprint density at radius 2 is 2.25 bits per heavy atom. The van der Waals surface area contributed by atoms with Gasteiger partial charge in [-0.25, -0.2) is 4.98 Å². The predicted molar refractivity (Wildman–Crippen MR) is 64.1 cm³/mol. The van der Waals surface area contributed by atoms with Crippen molar-refractivity contribution in [3.63, 3.8) is 0 Å². The lowest BCUT2D eigenvalue weighted by atomic mass is 9.96. The number of aliphatic hydroxyl groups is 1. The second kappa shape index (κ2) is 5.27. The number of ether oxygens (including phenoxy) is 1. The zero-order valence-electron chi connectivity index (χ0n) is 10.1. The van der Waals surface area contributed by atoms with Crippen LogP contribution in [0.25, 0.3) is 0 Å². The number of rotatable bonds is 5. The number of nitrogens with two attached hydrogens (primary N) is 1. The maximum absolute atomic E-state index is 9.92. The van der Waals surface area contributed by atoms with Crippen LogP contribution in [0.5, 0.6) is 0 Å². The summed E-state index contributed by atoms with van der Waals surface area (Å²) in [5, 5.41) is 9.92. The standard InChI is InChI=1S/C12H20N2O2/c1-12(2,16-3)8-10(15)6-9-4-5-14-11(13)7-9/h4-5,7,10,15H,6,8H2,1-3H3,(H2,13,14). The number of hydrogen-bond acceptors (Lipinski definition) is 4. The second-order valence-corrected chi connectivity index (χ2v) is 4.61. The normalized spacial score (nSPS) is 13.8. The van der Waals surface area contributed by atoms with Crippen LogP contribution in [0.3, 0.4) is 0 Å². The van der Waals surface area contributed by atoms with Gasteiger partial charge in [0, 0.05) is 19.7 Å². The van der Waals surface area contributed by atoms with Gasteiger partial charge in [0.25, 0.3) is 0 Å². The molecule has 90 valence electrons. The third-order valence-electron chi connectivity index (χ3n) is 2.60. The molecule has 1 atom stereocenters. The molecule has 0 aliphatic heterocycles. The number of methoxy groups -OCH3 is 1. The molecule has 0 saturated heterocycles. The van der Waals surface area contributed by atoms with Gasteiger partial charge in [-0.05, 0) is 38.0 Å². The molecular weight excluding hydrogens is 204 g/mol. The molecule has 0 radical (unpaired) electrons. The quantitative estimate of drug-likeness (QED) is 0.793. The molecule has 4 heteroatoms. The Kier molecular flexibility index (Phi) is 4.26. The maximum Gasteiger partial charge on any atom is 0.123 e. The summed E-state index contributed by atoms with van der Waals surface area (Å²) in [4.78, 5) is 3.91. The summed E-state index contributed by atoms with van der Waals surface area (Å²) < 4.78 is 5.27. The van der Waals surface area contributed by atoms with Crippen molar-refractivity contribution in [1.29, 1.82) is 0 Å². The first-order chi connectivity index (χ1) is 7.43. The first-order valence-corrected chi connectivity index (χ1v) is 5.36. The van der Waals surface area contributed by atoms with Crippen LogP contribution in [0.15, 0.2) is 18.3 Å². The molecule has 0 aliphatic carbocycles. The van der Waals surface area contributed by atoms with Gasteiger partial charge in [0.1, 0.15) is 5.82 Å². The fourth-order valence-corrected chi connectivity index (χ4v) is 1.62. The molecule has 16 heavy (non-hydrogen) atoms. The van der Waals surface area contributed by atoms with E-state index in [1.807, 2.05) is 19.9 Å². The Morgan fingerprint density at radius 3 is 2.81 bits per heavy atom. The van der Waals surface area contributed by atoms with E-state index in [9.17, 15) is 5.11 Å². The van der Waals surface area contributed by atoms with Gasteiger partial charge in [-0.1, -0.05) is 0 Å². The Hall–Kier alpha value is -1.13. The average molecular weight is 224 g/mol. The molecule has 0 aromatic carbocycles. The second-order valence-electron chi connectivity index (χ2n) is 4.61. The minimum absolute atomic E-state index is 0.308. The summed E-state index contributed by atoms with van der Waals surface area (Å²) in [6, 6.07) is 3.64. The van der Waals surface area contributed by atoms with Gasteiger partial charge in [-0.2, -0.15) is 0 Å². The number of anilines is 1. The van der Waals surface area contributed by atoms with Crippen molar-refractivity contribution in [1.82, 2.24) is 4.98 Å². The van der Waals surface area contributed by atoms with E-state index in [2.05, 4.69) is 4.98 Å². The van der Waals surface area contributed by atoms with E-state index < -0.39 is 6.10 Å². The Balaban J connectivity index is 2.55. The van der Waals surface area contributed by atoms with Gasteiger partial charge in [0.15, 0.2) is 0 Å². The van der Waals surface area contributed by atoms with E-state index in [-0.39, 0.29) is 5.60 Å². The van der Waals surface area contributed by atoms with Crippen LogP contribution in [0.2, 0.25) is 0 Å². The molecular formula is C12H20N2O2. The average Bonchev–Trinajstić information content (AvgIpc) is 2.16. The van der Waals surface area contributed by atoms with Crippen molar-refractivity contribution in [3.05, 3.63) is 23.9 Å². The fraction of sp³-hybridized carbons (Fsp3) is 0.583. The van der Waals surface area contributed by atoms with Crippen LogP contribution in [0.1, 0.15) is 25.8 Å². The third kappa shape index (κ3) is 4.16. The monoisotopic (exact) mass is 224 g/mol. The van der Waals surface area contributed by atoms with Crippen molar-refractivity contribution in [2.75, 3.05) is 12.8 Å². The first-order valence-electron chi connectivity index (χ1n) is 5.36. The molecule has 0 saturated carbocycles. The molecule has 1 heterocycles. The van der Waals surface area contributed by atoms with E-state index >= 15 is 0 Å². The Bertz CT molecular complexity index is 340. The summed E-state index contributed by atoms with van der Waals surface area (Å²) in [5.41, 5.74) is 6.26. The molecule has 1 aromatic heterocycles. The molecule has 0 amide bonds. The van der Waals surface area contributed by atoms with Gasteiger partial charge in [-0.3, -0.25) is 0 Å². The fourth-order valence-electron chi connectivity index (χ4n) is 1.62. The van der Waals surface area contributed by atoms with Crippen molar-refractivity contribution in [2.45, 2.75) is 38.4 Å². The van der Waals surface area contributed by atoms with Crippen molar-refractivity contribution in [2.24, 2.45) is 0 Å². The van der Waals surface area contributed by atoms with E-state index in [0.29, 0.717) is 18.7 Å². The lowest BCUT2D eigenvalue weighted by molar-refractivity contribution is -0.0190. The van der Waals surface area contributed by atoms with E-state index in [1.165, 1.54) is 0 Å². The highest BCUT2D eigenvalue weighted by Gasteiger charge is 2.21. The lowest BCUT2D eigenvalue weighted by Crippen LogP contribution is -2.29. The van der Waals surface area contributed by atoms with Crippen molar-refractivity contribution < 1.29 is 9.84 Å². The smallest absolute Gasteiger partial charge is 0.123 e. The maximum atomic E-state index is 9.92. The Morgan fingerprint density at radius 1 is 1.56 bits per heavy atom. The molecule has 1 rings (SSSR count). The van der Waals surface area contributed by atoms with Crippen LogP contribution < -0.4 is 5.73 Å². The van der Waals surface area contributed by atoms with Gasteiger partial charge in [-0.15, -0.1) is 0 Å². The summed E-state index contributed by atoms with van der Waals surface area (Å²) in [5.74, 6) is 0.482. The zero-order valence-corrected chi connectivity index (χ0v) is 10.1. The SMILES string of the molecule is COC(C)(C)CC(O)Cc1ccnc(N)c1. The van der Waals surface area contributed by atoms with Crippen LogP contribution >= 0.6 is 0 Å². The summed E-state index contributed by atoms with van der Waals surface area (Å²) in [6.07, 6.45) is 2.38. The number of aliphatic hydroxyl groups excluding tert-OH is 1. The summed E-state index contributed by atoms with van der Waals surface area (Å²) in [7, 11) is 1.65. The van der Waals surface area contributed by atoms with Gasteiger partial charge in [0.2, 0.25) is 0 Å². The number of aromatic nitrogens is 1. The number of pyridine rings is 1. The largest absolute Gasteiger partial charge is 0.393 e. The Labute approximate surface area is 96.5 Å². The molecule has 3 N–H and O–H groups in total.